The maximum Gasteiger partial charge on any atom is 0.121 e. The second-order valence-electron chi connectivity index (χ2n) is 5.48. The van der Waals surface area contributed by atoms with Crippen molar-refractivity contribution in [3.63, 3.8) is 0 Å². The Morgan fingerprint density at radius 3 is 3.00 bits per heavy atom. The highest BCUT2D eigenvalue weighted by atomic mass is 79.9. The van der Waals surface area contributed by atoms with Crippen molar-refractivity contribution in [2.24, 2.45) is 0 Å². The Labute approximate surface area is 123 Å². The van der Waals surface area contributed by atoms with Crippen LogP contribution in [-0.2, 0) is 0 Å². The van der Waals surface area contributed by atoms with Gasteiger partial charge in [0.15, 0.2) is 0 Å². The molecule has 3 rings (SSSR count). The second-order valence-corrected chi connectivity index (χ2v) is 6.34. The Kier molecular flexibility index (Phi) is 3.99. The van der Waals surface area contributed by atoms with Crippen molar-refractivity contribution in [3.8, 4) is 5.75 Å². The molecule has 0 bridgehead atoms. The number of halogens is 1. The molecule has 0 saturated carbocycles. The quantitative estimate of drug-likeness (QED) is 0.921. The summed E-state index contributed by atoms with van der Waals surface area (Å²) in [7, 11) is 1.71. The van der Waals surface area contributed by atoms with Gasteiger partial charge < -0.3 is 10.1 Å². The molecule has 0 aliphatic carbocycles. The van der Waals surface area contributed by atoms with E-state index in [0.29, 0.717) is 12.1 Å². The summed E-state index contributed by atoms with van der Waals surface area (Å²) in [5.41, 5.74) is 1.15. The smallest absolute Gasteiger partial charge is 0.121 e. The standard InChI is InChI=1S/C15H21BrN2O/c1-19-11-5-6-12(16)14(10-11)17-13-7-9-18-8-3-2-4-15(13)18/h5-6,10,13,15,17H,2-4,7-9H2,1H3. The molecule has 2 heterocycles. The predicted molar refractivity (Wildman–Crippen MR) is 81.9 cm³/mol. The summed E-state index contributed by atoms with van der Waals surface area (Å²) in [6.07, 6.45) is 5.32. The van der Waals surface area contributed by atoms with E-state index in [4.69, 9.17) is 4.74 Å². The molecular formula is C15H21BrN2O. The second kappa shape index (κ2) is 5.71. The van der Waals surface area contributed by atoms with Crippen molar-refractivity contribution in [1.82, 2.24) is 4.90 Å². The number of piperidine rings is 1. The molecule has 2 saturated heterocycles. The third-order valence-electron chi connectivity index (χ3n) is 4.37. The number of benzene rings is 1. The van der Waals surface area contributed by atoms with Gasteiger partial charge in [-0.3, -0.25) is 4.90 Å². The number of anilines is 1. The van der Waals surface area contributed by atoms with Crippen LogP contribution < -0.4 is 10.1 Å². The first-order valence-corrected chi connectivity index (χ1v) is 7.91. The van der Waals surface area contributed by atoms with Crippen molar-refractivity contribution in [3.05, 3.63) is 22.7 Å². The number of nitrogens with one attached hydrogen (secondary N) is 1. The number of hydrogen-bond acceptors (Lipinski definition) is 3. The largest absolute Gasteiger partial charge is 0.497 e. The molecule has 1 aromatic rings. The van der Waals surface area contributed by atoms with Crippen LogP contribution in [0.5, 0.6) is 5.75 Å². The van der Waals surface area contributed by atoms with Crippen molar-refractivity contribution in [2.45, 2.75) is 37.8 Å². The Bertz CT molecular complexity index is 452. The van der Waals surface area contributed by atoms with Crippen LogP contribution in [-0.4, -0.2) is 37.2 Å². The zero-order chi connectivity index (χ0) is 13.2. The minimum atomic E-state index is 0.573. The van der Waals surface area contributed by atoms with Crippen LogP contribution in [0.3, 0.4) is 0 Å². The zero-order valence-corrected chi connectivity index (χ0v) is 12.9. The average Bonchev–Trinajstić information content (AvgIpc) is 2.85. The molecule has 4 heteroatoms. The average molecular weight is 325 g/mol. The summed E-state index contributed by atoms with van der Waals surface area (Å²) < 4.78 is 6.42. The fraction of sp³-hybridized carbons (Fsp3) is 0.600. The number of ether oxygens (including phenoxy) is 1. The Hall–Kier alpha value is -0.740. The van der Waals surface area contributed by atoms with E-state index in [2.05, 4.69) is 38.3 Å². The number of hydrogen-bond donors (Lipinski definition) is 1. The van der Waals surface area contributed by atoms with Crippen LogP contribution in [0.2, 0.25) is 0 Å². The lowest BCUT2D eigenvalue weighted by Crippen LogP contribution is -2.41. The molecule has 2 aliphatic rings. The van der Waals surface area contributed by atoms with Gasteiger partial charge in [-0.25, -0.2) is 0 Å². The van der Waals surface area contributed by atoms with Gasteiger partial charge >= 0.3 is 0 Å². The van der Waals surface area contributed by atoms with Gasteiger partial charge in [0.1, 0.15) is 5.75 Å². The molecule has 0 aromatic heterocycles. The first-order chi connectivity index (χ1) is 9.28. The minimum absolute atomic E-state index is 0.573. The molecule has 19 heavy (non-hydrogen) atoms. The first-order valence-electron chi connectivity index (χ1n) is 7.12. The molecule has 2 unspecified atom stereocenters. The molecule has 2 atom stereocenters. The molecule has 0 spiro atoms. The zero-order valence-electron chi connectivity index (χ0n) is 11.4. The highest BCUT2D eigenvalue weighted by Gasteiger charge is 2.35. The number of fused-ring (bicyclic) bond motifs is 1. The van der Waals surface area contributed by atoms with Crippen LogP contribution >= 0.6 is 15.9 Å². The molecule has 104 valence electrons. The van der Waals surface area contributed by atoms with Crippen LogP contribution in [0.4, 0.5) is 5.69 Å². The van der Waals surface area contributed by atoms with Gasteiger partial charge in [-0.1, -0.05) is 6.42 Å². The van der Waals surface area contributed by atoms with E-state index in [9.17, 15) is 0 Å². The molecule has 0 amide bonds. The third-order valence-corrected chi connectivity index (χ3v) is 5.06. The highest BCUT2D eigenvalue weighted by molar-refractivity contribution is 9.10. The molecular weight excluding hydrogens is 304 g/mol. The third kappa shape index (κ3) is 2.75. The van der Waals surface area contributed by atoms with Crippen molar-refractivity contribution >= 4 is 21.6 Å². The maximum absolute atomic E-state index is 5.31. The lowest BCUT2D eigenvalue weighted by atomic mass is 9.99. The Morgan fingerprint density at radius 1 is 1.26 bits per heavy atom. The lowest BCUT2D eigenvalue weighted by Gasteiger charge is -2.33. The molecule has 1 aromatic carbocycles. The van der Waals surface area contributed by atoms with Crippen molar-refractivity contribution < 1.29 is 4.74 Å². The summed E-state index contributed by atoms with van der Waals surface area (Å²) in [5, 5.41) is 3.71. The van der Waals surface area contributed by atoms with Crippen LogP contribution in [0.15, 0.2) is 22.7 Å². The number of nitrogens with zero attached hydrogens (tertiary/aromatic N) is 1. The van der Waals surface area contributed by atoms with Gasteiger partial charge in [-0.05, 0) is 53.9 Å². The minimum Gasteiger partial charge on any atom is -0.497 e. The fourth-order valence-electron chi connectivity index (χ4n) is 3.36. The molecule has 2 aliphatic heterocycles. The van der Waals surface area contributed by atoms with Crippen LogP contribution in [0.1, 0.15) is 25.7 Å². The summed E-state index contributed by atoms with van der Waals surface area (Å²) in [6.45, 7) is 2.52. The molecule has 1 N–H and O–H groups in total. The SMILES string of the molecule is COc1ccc(Br)c(NC2CCN3CCCCC23)c1. The Balaban J connectivity index is 1.74. The van der Waals surface area contributed by atoms with Crippen molar-refractivity contribution in [2.75, 3.05) is 25.5 Å². The normalized spacial score (nSPS) is 27.1. The summed E-state index contributed by atoms with van der Waals surface area (Å²) in [6, 6.07) is 7.40. The van der Waals surface area contributed by atoms with Crippen LogP contribution in [0, 0.1) is 0 Å². The molecule has 3 nitrogen and oxygen atoms in total. The molecule has 0 radical (unpaired) electrons. The van der Waals surface area contributed by atoms with Gasteiger partial charge in [-0.2, -0.15) is 0 Å². The van der Waals surface area contributed by atoms with Gasteiger partial charge in [0, 0.05) is 29.2 Å². The van der Waals surface area contributed by atoms with E-state index in [1.165, 1.54) is 38.8 Å². The van der Waals surface area contributed by atoms with E-state index in [-0.39, 0.29) is 0 Å². The number of methoxy groups -OCH3 is 1. The summed E-state index contributed by atoms with van der Waals surface area (Å²) >= 11 is 3.62. The van der Waals surface area contributed by atoms with Gasteiger partial charge in [0.05, 0.1) is 12.8 Å². The molecule has 2 fully saturated rings. The Morgan fingerprint density at radius 2 is 2.16 bits per heavy atom. The van der Waals surface area contributed by atoms with E-state index in [1.807, 2.05) is 6.07 Å². The summed E-state index contributed by atoms with van der Waals surface area (Å²) in [5.74, 6) is 0.907. The van der Waals surface area contributed by atoms with Gasteiger partial charge in [-0.15, -0.1) is 0 Å². The first kappa shape index (κ1) is 13.3. The van der Waals surface area contributed by atoms with E-state index >= 15 is 0 Å². The predicted octanol–water partition coefficient (Wildman–Crippen LogP) is 3.50. The van der Waals surface area contributed by atoms with Gasteiger partial charge in [0.2, 0.25) is 0 Å². The monoisotopic (exact) mass is 324 g/mol. The fourth-order valence-corrected chi connectivity index (χ4v) is 3.72. The van der Waals surface area contributed by atoms with Gasteiger partial charge in [0.25, 0.3) is 0 Å². The van der Waals surface area contributed by atoms with E-state index in [1.54, 1.807) is 7.11 Å². The van der Waals surface area contributed by atoms with Crippen molar-refractivity contribution in [1.29, 1.82) is 0 Å². The lowest BCUT2D eigenvalue weighted by molar-refractivity contribution is 0.192. The number of rotatable bonds is 3. The maximum atomic E-state index is 5.31. The van der Waals surface area contributed by atoms with E-state index in [0.717, 1.165) is 15.9 Å². The van der Waals surface area contributed by atoms with E-state index < -0.39 is 0 Å². The topological polar surface area (TPSA) is 24.5 Å². The highest BCUT2D eigenvalue weighted by Crippen LogP contribution is 2.33. The van der Waals surface area contributed by atoms with Crippen LogP contribution in [0.25, 0.3) is 0 Å². The summed E-state index contributed by atoms with van der Waals surface area (Å²) in [4.78, 5) is 2.65.